The number of aliphatic hydroxyl groups is 2. The topological polar surface area (TPSA) is 43.7 Å². The minimum atomic E-state index is -0.953. The third-order valence-electron chi connectivity index (χ3n) is 4.75. The van der Waals surface area contributed by atoms with E-state index in [0.717, 1.165) is 5.56 Å². The van der Waals surface area contributed by atoms with Gasteiger partial charge in [-0.05, 0) is 48.2 Å². The molecule has 3 rings (SSSR count). The molecule has 2 aromatic carbocycles. The highest BCUT2D eigenvalue weighted by Gasteiger charge is 2.34. The number of nitrogens with zero attached hydrogens (tertiary/aromatic N) is 1. The van der Waals surface area contributed by atoms with Gasteiger partial charge in [0.25, 0.3) is 0 Å². The summed E-state index contributed by atoms with van der Waals surface area (Å²) in [5, 5.41) is 21.1. The van der Waals surface area contributed by atoms with E-state index in [9.17, 15) is 19.0 Å². The van der Waals surface area contributed by atoms with Gasteiger partial charge in [0.2, 0.25) is 0 Å². The standard InChI is InChI=1S/C19H21F2NO2/c20-16-5-1-14(2-6-16)18(23)13-22-11-9-19(24,10-12-22)15-3-7-17(21)8-4-15/h1-8,18,23-24H,9-13H2. The third-order valence-corrected chi connectivity index (χ3v) is 4.75. The summed E-state index contributed by atoms with van der Waals surface area (Å²) in [7, 11) is 0. The van der Waals surface area contributed by atoms with Gasteiger partial charge in [0.1, 0.15) is 11.6 Å². The van der Waals surface area contributed by atoms with Crippen molar-refractivity contribution in [3.8, 4) is 0 Å². The highest BCUT2D eigenvalue weighted by atomic mass is 19.1. The van der Waals surface area contributed by atoms with Crippen molar-refractivity contribution in [2.75, 3.05) is 19.6 Å². The first-order chi connectivity index (χ1) is 11.5. The molecule has 3 nitrogen and oxygen atoms in total. The van der Waals surface area contributed by atoms with Crippen LogP contribution in [0.1, 0.15) is 30.1 Å². The quantitative estimate of drug-likeness (QED) is 0.904. The van der Waals surface area contributed by atoms with Crippen LogP contribution in [0.2, 0.25) is 0 Å². The minimum absolute atomic E-state index is 0.317. The summed E-state index contributed by atoms with van der Waals surface area (Å²) in [4.78, 5) is 2.08. The van der Waals surface area contributed by atoms with Crippen molar-refractivity contribution >= 4 is 0 Å². The van der Waals surface area contributed by atoms with Gasteiger partial charge in [0, 0.05) is 19.6 Å². The van der Waals surface area contributed by atoms with E-state index in [0.29, 0.717) is 38.0 Å². The summed E-state index contributed by atoms with van der Waals surface area (Å²) in [6.07, 6.45) is 0.353. The molecule has 1 atom stereocenters. The summed E-state index contributed by atoms with van der Waals surface area (Å²) in [6.45, 7) is 1.70. The van der Waals surface area contributed by atoms with Crippen LogP contribution in [0.15, 0.2) is 48.5 Å². The van der Waals surface area contributed by atoms with Crippen molar-refractivity contribution in [3.05, 3.63) is 71.3 Å². The van der Waals surface area contributed by atoms with Crippen LogP contribution >= 0.6 is 0 Å². The predicted molar refractivity (Wildman–Crippen MR) is 87.3 cm³/mol. The van der Waals surface area contributed by atoms with E-state index in [1.165, 1.54) is 24.3 Å². The number of rotatable bonds is 4. The molecule has 24 heavy (non-hydrogen) atoms. The maximum absolute atomic E-state index is 13.0. The fourth-order valence-electron chi connectivity index (χ4n) is 3.19. The Morgan fingerprint density at radius 2 is 1.42 bits per heavy atom. The van der Waals surface area contributed by atoms with Crippen molar-refractivity contribution < 1.29 is 19.0 Å². The number of aliphatic hydroxyl groups excluding tert-OH is 1. The van der Waals surface area contributed by atoms with Gasteiger partial charge in [-0.3, -0.25) is 0 Å². The van der Waals surface area contributed by atoms with Crippen molar-refractivity contribution in [2.24, 2.45) is 0 Å². The van der Waals surface area contributed by atoms with Crippen LogP contribution in [-0.2, 0) is 5.60 Å². The Kier molecular flexibility index (Phi) is 4.94. The van der Waals surface area contributed by atoms with Crippen LogP contribution in [0.3, 0.4) is 0 Å². The molecule has 1 aliphatic heterocycles. The number of β-amino-alcohol motifs (C(OH)–C–C–N with tert-alkyl or cyclic N) is 1. The summed E-state index contributed by atoms with van der Waals surface area (Å²) in [6, 6.07) is 11.8. The Morgan fingerprint density at radius 3 is 1.96 bits per heavy atom. The van der Waals surface area contributed by atoms with Crippen LogP contribution in [0, 0.1) is 11.6 Å². The van der Waals surface area contributed by atoms with Gasteiger partial charge in [-0.25, -0.2) is 8.78 Å². The van der Waals surface area contributed by atoms with E-state index in [4.69, 9.17) is 0 Å². The average Bonchev–Trinajstić information content (AvgIpc) is 2.58. The van der Waals surface area contributed by atoms with Gasteiger partial charge in [0.05, 0.1) is 11.7 Å². The molecule has 0 aromatic heterocycles. The molecule has 5 heteroatoms. The van der Waals surface area contributed by atoms with E-state index in [1.807, 2.05) is 0 Å². The van der Waals surface area contributed by atoms with E-state index in [-0.39, 0.29) is 11.6 Å². The zero-order chi connectivity index (χ0) is 17.2. The lowest BCUT2D eigenvalue weighted by molar-refractivity contribution is -0.0345. The first kappa shape index (κ1) is 17.0. The normalized spacial score (nSPS) is 19.2. The lowest BCUT2D eigenvalue weighted by atomic mass is 9.84. The first-order valence-corrected chi connectivity index (χ1v) is 8.11. The molecule has 1 saturated heterocycles. The van der Waals surface area contributed by atoms with E-state index in [1.54, 1.807) is 24.3 Å². The van der Waals surface area contributed by atoms with Gasteiger partial charge in [-0.1, -0.05) is 24.3 Å². The van der Waals surface area contributed by atoms with Gasteiger partial charge in [0.15, 0.2) is 0 Å². The van der Waals surface area contributed by atoms with Crippen LogP contribution in [-0.4, -0.2) is 34.7 Å². The predicted octanol–water partition coefficient (Wildman–Crippen LogP) is 2.98. The molecule has 1 heterocycles. The van der Waals surface area contributed by atoms with Crippen molar-refractivity contribution in [1.82, 2.24) is 4.90 Å². The van der Waals surface area contributed by atoms with E-state index >= 15 is 0 Å². The summed E-state index contributed by atoms with van der Waals surface area (Å²) in [5.74, 6) is -0.643. The second kappa shape index (κ2) is 6.97. The lowest BCUT2D eigenvalue weighted by Gasteiger charge is -2.39. The number of piperidine rings is 1. The Balaban J connectivity index is 1.58. The Hall–Kier alpha value is -1.82. The maximum atomic E-state index is 13.0. The van der Waals surface area contributed by atoms with Gasteiger partial charge in [-0.2, -0.15) is 0 Å². The molecule has 1 unspecified atom stereocenters. The molecule has 0 saturated carbocycles. The fourth-order valence-corrected chi connectivity index (χ4v) is 3.19. The van der Waals surface area contributed by atoms with Crippen LogP contribution in [0.25, 0.3) is 0 Å². The highest BCUT2D eigenvalue weighted by molar-refractivity contribution is 5.24. The number of likely N-dealkylation sites (tertiary alicyclic amines) is 1. The summed E-state index contributed by atoms with van der Waals surface area (Å²) in [5.41, 5.74) is 0.448. The number of halogens is 2. The zero-order valence-electron chi connectivity index (χ0n) is 13.3. The molecular formula is C19H21F2NO2. The molecule has 128 valence electrons. The average molecular weight is 333 g/mol. The van der Waals surface area contributed by atoms with Gasteiger partial charge in [-0.15, -0.1) is 0 Å². The minimum Gasteiger partial charge on any atom is -0.387 e. The largest absolute Gasteiger partial charge is 0.387 e. The van der Waals surface area contributed by atoms with E-state index in [2.05, 4.69) is 4.90 Å². The molecule has 0 bridgehead atoms. The smallest absolute Gasteiger partial charge is 0.123 e. The Labute approximate surface area is 140 Å². The molecule has 2 aromatic rings. The van der Waals surface area contributed by atoms with E-state index < -0.39 is 11.7 Å². The van der Waals surface area contributed by atoms with Gasteiger partial charge < -0.3 is 15.1 Å². The number of hydrogen-bond acceptors (Lipinski definition) is 3. The molecule has 1 aliphatic rings. The van der Waals surface area contributed by atoms with Gasteiger partial charge >= 0.3 is 0 Å². The van der Waals surface area contributed by atoms with Crippen LogP contribution in [0.4, 0.5) is 8.78 Å². The third kappa shape index (κ3) is 3.80. The lowest BCUT2D eigenvalue weighted by Crippen LogP contribution is -2.43. The van der Waals surface area contributed by atoms with Crippen molar-refractivity contribution in [3.63, 3.8) is 0 Å². The zero-order valence-corrected chi connectivity index (χ0v) is 13.3. The molecule has 2 N–H and O–H groups in total. The second-order valence-corrected chi connectivity index (χ2v) is 6.41. The molecule has 1 fully saturated rings. The highest BCUT2D eigenvalue weighted by Crippen LogP contribution is 2.33. The van der Waals surface area contributed by atoms with Crippen molar-refractivity contribution in [1.29, 1.82) is 0 Å². The number of hydrogen-bond donors (Lipinski definition) is 2. The monoisotopic (exact) mass is 333 g/mol. The molecule has 0 radical (unpaired) electrons. The molecule has 0 spiro atoms. The van der Waals surface area contributed by atoms with Crippen LogP contribution in [0.5, 0.6) is 0 Å². The first-order valence-electron chi connectivity index (χ1n) is 8.11. The SMILES string of the molecule is OC(CN1CCC(O)(c2ccc(F)cc2)CC1)c1ccc(F)cc1. The Bertz CT molecular complexity index is 665. The van der Waals surface area contributed by atoms with Crippen molar-refractivity contribution in [2.45, 2.75) is 24.5 Å². The fraction of sp³-hybridized carbons (Fsp3) is 0.368. The molecular weight excluding hydrogens is 312 g/mol. The second-order valence-electron chi connectivity index (χ2n) is 6.41. The molecule has 0 amide bonds. The van der Waals surface area contributed by atoms with Crippen LogP contribution < -0.4 is 0 Å². The Morgan fingerprint density at radius 1 is 0.917 bits per heavy atom. The molecule has 0 aliphatic carbocycles. The summed E-state index contributed by atoms with van der Waals surface area (Å²) >= 11 is 0. The number of benzene rings is 2. The summed E-state index contributed by atoms with van der Waals surface area (Å²) < 4.78 is 26.0. The maximum Gasteiger partial charge on any atom is 0.123 e.